The van der Waals surface area contributed by atoms with Crippen molar-refractivity contribution >= 4 is 22.4 Å². The number of rotatable bonds is 5. The highest BCUT2D eigenvalue weighted by Gasteiger charge is 2.25. The second-order valence-corrected chi connectivity index (χ2v) is 10.3. The minimum absolute atomic E-state index is 0.0129. The van der Waals surface area contributed by atoms with Crippen LogP contribution in [-0.4, -0.2) is 69.9 Å². The molecule has 0 saturated carbocycles. The van der Waals surface area contributed by atoms with Crippen LogP contribution in [0.2, 0.25) is 0 Å². The van der Waals surface area contributed by atoms with Gasteiger partial charge in [-0.25, -0.2) is 23.4 Å². The standard InChI is InChI=1S/C27H26F2N6O2S/c28-20-5-1-18(2-6-20)25-31-26(19-3-7-21(29)8-4-19)35(32-25)17-24(36)33-11-9-22-23(10-12-33)38-27(30-22)34-13-15-37-16-14-34/h1-8H,9-17H2. The fourth-order valence-corrected chi connectivity index (χ4v) is 5.85. The maximum absolute atomic E-state index is 13.6. The van der Waals surface area contributed by atoms with Crippen LogP contribution in [-0.2, 0) is 28.9 Å². The molecule has 6 rings (SSSR count). The van der Waals surface area contributed by atoms with Crippen molar-refractivity contribution in [2.45, 2.75) is 19.4 Å². The number of amides is 1. The summed E-state index contributed by atoms with van der Waals surface area (Å²) in [7, 11) is 0. The summed E-state index contributed by atoms with van der Waals surface area (Å²) < 4.78 is 34.0. The Balaban J connectivity index is 1.20. The van der Waals surface area contributed by atoms with Gasteiger partial charge in [0.15, 0.2) is 16.8 Å². The van der Waals surface area contributed by atoms with Crippen molar-refractivity contribution in [2.24, 2.45) is 0 Å². The molecule has 8 nitrogen and oxygen atoms in total. The van der Waals surface area contributed by atoms with Crippen molar-refractivity contribution in [2.75, 3.05) is 44.3 Å². The fraction of sp³-hybridized carbons (Fsp3) is 0.333. The van der Waals surface area contributed by atoms with Crippen molar-refractivity contribution in [3.63, 3.8) is 0 Å². The summed E-state index contributed by atoms with van der Waals surface area (Å²) in [5.41, 5.74) is 2.33. The van der Waals surface area contributed by atoms with E-state index in [0.29, 0.717) is 42.3 Å². The van der Waals surface area contributed by atoms with Crippen LogP contribution in [0.4, 0.5) is 13.9 Å². The Hall–Kier alpha value is -3.70. The van der Waals surface area contributed by atoms with Gasteiger partial charge in [-0.15, -0.1) is 16.4 Å². The number of benzene rings is 2. The van der Waals surface area contributed by atoms with Crippen molar-refractivity contribution in [3.8, 4) is 22.8 Å². The zero-order valence-electron chi connectivity index (χ0n) is 20.6. The van der Waals surface area contributed by atoms with Gasteiger partial charge in [-0.3, -0.25) is 4.79 Å². The van der Waals surface area contributed by atoms with Gasteiger partial charge in [0.05, 0.1) is 18.9 Å². The molecule has 2 aromatic heterocycles. The number of hydrogen-bond acceptors (Lipinski definition) is 7. The van der Waals surface area contributed by atoms with Crippen molar-refractivity contribution in [1.82, 2.24) is 24.6 Å². The highest BCUT2D eigenvalue weighted by molar-refractivity contribution is 7.15. The van der Waals surface area contributed by atoms with Gasteiger partial charge in [0.25, 0.3) is 0 Å². The molecule has 196 valence electrons. The number of ether oxygens (including phenoxy) is 1. The molecule has 0 bridgehead atoms. The molecule has 0 radical (unpaired) electrons. The number of hydrogen-bond donors (Lipinski definition) is 0. The highest BCUT2D eigenvalue weighted by Crippen LogP contribution is 2.30. The third-order valence-corrected chi connectivity index (χ3v) is 8.01. The van der Waals surface area contributed by atoms with E-state index in [4.69, 9.17) is 9.72 Å². The third-order valence-electron chi connectivity index (χ3n) is 6.79. The summed E-state index contributed by atoms with van der Waals surface area (Å²) in [6.45, 7) is 4.30. The molecule has 0 atom stereocenters. The Morgan fingerprint density at radius 3 is 2.24 bits per heavy atom. The molecule has 11 heteroatoms. The Labute approximate surface area is 222 Å². The molecule has 1 fully saturated rings. The lowest BCUT2D eigenvalue weighted by Crippen LogP contribution is -2.37. The summed E-state index contributed by atoms with van der Waals surface area (Å²) in [6, 6.07) is 11.8. The maximum atomic E-state index is 13.6. The largest absolute Gasteiger partial charge is 0.378 e. The fourth-order valence-electron chi connectivity index (χ4n) is 4.70. The van der Waals surface area contributed by atoms with E-state index < -0.39 is 0 Å². The first-order chi connectivity index (χ1) is 18.5. The van der Waals surface area contributed by atoms with Crippen LogP contribution < -0.4 is 4.90 Å². The molecule has 0 unspecified atom stereocenters. The number of nitrogens with zero attached hydrogens (tertiary/aromatic N) is 6. The van der Waals surface area contributed by atoms with Gasteiger partial charge in [-0.05, 0) is 48.5 Å². The molecule has 4 heterocycles. The quantitative estimate of drug-likeness (QED) is 0.386. The molecular weight excluding hydrogens is 510 g/mol. The van der Waals surface area contributed by atoms with Crippen LogP contribution in [0.25, 0.3) is 22.8 Å². The lowest BCUT2D eigenvalue weighted by molar-refractivity contribution is -0.131. The number of aromatic nitrogens is 4. The summed E-state index contributed by atoms with van der Waals surface area (Å²) in [5.74, 6) is 0.0198. The number of halogens is 2. The Morgan fingerprint density at radius 2 is 1.53 bits per heavy atom. The Bertz CT molecular complexity index is 1410. The first-order valence-corrected chi connectivity index (χ1v) is 13.4. The first kappa shape index (κ1) is 24.6. The molecule has 2 aromatic carbocycles. The van der Waals surface area contributed by atoms with E-state index >= 15 is 0 Å². The van der Waals surface area contributed by atoms with Gasteiger partial charge < -0.3 is 14.5 Å². The second kappa shape index (κ2) is 10.6. The molecule has 2 aliphatic rings. The number of fused-ring (bicyclic) bond motifs is 1. The average molecular weight is 537 g/mol. The number of carbonyl (C=O) groups is 1. The summed E-state index contributed by atoms with van der Waals surface area (Å²) in [4.78, 5) is 28.3. The molecule has 2 aliphatic heterocycles. The van der Waals surface area contributed by atoms with E-state index in [2.05, 4.69) is 15.0 Å². The second-order valence-electron chi connectivity index (χ2n) is 9.28. The van der Waals surface area contributed by atoms with Crippen LogP contribution >= 0.6 is 11.3 Å². The van der Waals surface area contributed by atoms with Gasteiger partial charge in [0.1, 0.15) is 18.2 Å². The van der Waals surface area contributed by atoms with Crippen LogP contribution in [0.5, 0.6) is 0 Å². The minimum Gasteiger partial charge on any atom is -0.378 e. The van der Waals surface area contributed by atoms with Gasteiger partial charge in [-0.1, -0.05) is 0 Å². The number of carbonyl (C=O) groups excluding carboxylic acids is 1. The van der Waals surface area contributed by atoms with E-state index in [-0.39, 0.29) is 24.1 Å². The van der Waals surface area contributed by atoms with Gasteiger partial charge >= 0.3 is 0 Å². The monoisotopic (exact) mass is 536 g/mol. The first-order valence-electron chi connectivity index (χ1n) is 12.6. The Morgan fingerprint density at radius 1 is 0.868 bits per heavy atom. The maximum Gasteiger partial charge on any atom is 0.244 e. The van der Waals surface area contributed by atoms with E-state index in [1.165, 1.54) is 29.1 Å². The summed E-state index contributed by atoms with van der Waals surface area (Å²) in [6.07, 6.45) is 1.46. The molecule has 38 heavy (non-hydrogen) atoms. The third kappa shape index (κ3) is 5.16. The van der Waals surface area contributed by atoms with E-state index in [1.54, 1.807) is 40.3 Å². The average Bonchev–Trinajstić information content (AvgIpc) is 3.49. The predicted octanol–water partition coefficient (Wildman–Crippen LogP) is 3.81. The normalized spacial score (nSPS) is 15.8. The molecule has 0 aliphatic carbocycles. The van der Waals surface area contributed by atoms with Crippen molar-refractivity contribution < 1.29 is 18.3 Å². The smallest absolute Gasteiger partial charge is 0.244 e. The van der Waals surface area contributed by atoms with Gasteiger partial charge in [-0.2, -0.15) is 0 Å². The lowest BCUT2D eigenvalue weighted by atomic mass is 10.2. The summed E-state index contributed by atoms with van der Waals surface area (Å²) in [5, 5.41) is 5.62. The zero-order valence-corrected chi connectivity index (χ0v) is 21.5. The number of anilines is 1. The molecule has 0 N–H and O–H groups in total. The molecule has 0 spiro atoms. The van der Waals surface area contributed by atoms with Crippen LogP contribution in [0.3, 0.4) is 0 Å². The van der Waals surface area contributed by atoms with E-state index in [1.807, 2.05) is 4.90 Å². The van der Waals surface area contributed by atoms with E-state index in [9.17, 15) is 13.6 Å². The minimum atomic E-state index is -0.364. The topological polar surface area (TPSA) is 76.4 Å². The SMILES string of the molecule is O=C(Cn1nc(-c2ccc(F)cc2)nc1-c1ccc(F)cc1)N1CCc2nc(N3CCOCC3)sc2CC1. The van der Waals surface area contributed by atoms with Crippen molar-refractivity contribution in [3.05, 3.63) is 70.7 Å². The molecular formula is C27H26F2N6O2S. The lowest BCUT2D eigenvalue weighted by Gasteiger charge is -2.26. The zero-order chi connectivity index (χ0) is 26.1. The van der Waals surface area contributed by atoms with Crippen LogP contribution in [0.15, 0.2) is 48.5 Å². The number of thiazole rings is 1. The van der Waals surface area contributed by atoms with Crippen LogP contribution in [0, 0.1) is 11.6 Å². The molecule has 1 saturated heterocycles. The number of morpholine rings is 1. The predicted molar refractivity (Wildman–Crippen MR) is 140 cm³/mol. The summed E-state index contributed by atoms with van der Waals surface area (Å²) >= 11 is 1.71. The Kier molecular flexibility index (Phi) is 6.86. The molecule has 1 amide bonds. The van der Waals surface area contributed by atoms with E-state index in [0.717, 1.165) is 43.5 Å². The van der Waals surface area contributed by atoms with Gasteiger partial charge in [0.2, 0.25) is 5.91 Å². The van der Waals surface area contributed by atoms with Crippen molar-refractivity contribution in [1.29, 1.82) is 0 Å². The van der Waals surface area contributed by atoms with Gasteiger partial charge in [0, 0.05) is 55.0 Å². The molecule has 4 aromatic rings. The van der Waals surface area contributed by atoms with Crippen LogP contribution in [0.1, 0.15) is 10.6 Å². The highest BCUT2D eigenvalue weighted by atomic mass is 32.1.